The van der Waals surface area contributed by atoms with Crippen LogP contribution in [0.25, 0.3) is 0 Å². The lowest BCUT2D eigenvalue weighted by Crippen LogP contribution is -2.46. The molecule has 2 rings (SSSR count). The van der Waals surface area contributed by atoms with Crippen LogP contribution >= 0.6 is 0 Å². The highest BCUT2D eigenvalue weighted by Crippen LogP contribution is 2.18. The summed E-state index contributed by atoms with van der Waals surface area (Å²) in [5.41, 5.74) is 0.978. The van der Waals surface area contributed by atoms with E-state index in [1.165, 1.54) is 0 Å². The maximum absolute atomic E-state index is 5.71. The molecule has 0 saturated carbocycles. The van der Waals surface area contributed by atoms with Crippen molar-refractivity contribution in [2.24, 2.45) is 0 Å². The van der Waals surface area contributed by atoms with Crippen molar-refractivity contribution >= 4 is 11.8 Å². The molecule has 0 bridgehead atoms. The third kappa shape index (κ3) is 2.85. The summed E-state index contributed by atoms with van der Waals surface area (Å²) in [7, 11) is 1.87. The lowest BCUT2D eigenvalue weighted by molar-refractivity contribution is -0.00572. The zero-order valence-electron chi connectivity index (χ0n) is 10.9. The quantitative estimate of drug-likeness (QED) is 0.842. The van der Waals surface area contributed by atoms with Crippen LogP contribution in [0.4, 0.5) is 11.8 Å². The molecule has 1 aliphatic heterocycles. The molecule has 0 spiro atoms. The molecule has 0 unspecified atom stereocenters. The van der Waals surface area contributed by atoms with Crippen LogP contribution in [-0.2, 0) is 4.74 Å². The number of aromatic nitrogens is 2. The molecule has 1 saturated heterocycles. The highest BCUT2D eigenvalue weighted by Gasteiger charge is 2.24. The van der Waals surface area contributed by atoms with Crippen LogP contribution in [0.3, 0.4) is 0 Å². The average molecular weight is 236 g/mol. The van der Waals surface area contributed by atoms with Crippen molar-refractivity contribution in [1.29, 1.82) is 0 Å². The second-order valence-corrected chi connectivity index (χ2v) is 4.61. The first-order valence-corrected chi connectivity index (χ1v) is 6.02. The van der Waals surface area contributed by atoms with Crippen molar-refractivity contribution in [3.8, 4) is 0 Å². The number of anilines is 2. The van der Waals surface area contributed by atoms with E-state index >= 15 is 0 Å². The molecule has 0 radical (unpaired) electrons. The number of hydrogen-bond donors (Lipinski definition) is 1. The summed E-state index contributed by atoms with van der Waals surface area (Å²) < 4.78 is 5.71. The van der Waals surface area contributed by atoms with Crippen molar-refractivity contribution in [3.63, 3.8) is 0 Å². The third-order valence-electron chi connectivity index (χ3n) is 2.80. The van der Waals surface area contributed by atoms with E-state index in [-0.39, 0.29) is 12.2 Å². The molecule has 2 heterocycles. The van der Waals surface area contributed by atoms with Gasteiger partial charge >= 0.3 is 0 Å². The minimum absolute atomic E-state index is 0.223. The van der Waals surface area contributed by atoms with Crippen LogP contribution in [-0.4, -0.2) is 42.3 Å². The van der Waals surface area contributed by atoms with Gasteiger partial charge in [0.25, 0.3) is 0 Å². The van der Waals surface area contributed by atoms with Gasteiger partial charge in [0, 0.05) is 31.9 Å². The first kappa shape index (κ1) is 12.1. The van der Waals surface area contributed by atoms with Crippen LogP contribution in [0.1, 0.15) is 19.5 Å². The summed E-state index contributed by atoms with van der Waals surface area (Å²) in [6.07, 6.45) is 0.446. The second-order valence-electron chi connectivity index (χ2n) is 4.61. The molecule has 1 aromatic heterocycles. The van der Waals surface area contributed by atoms with E-state index in [0.717, 1.165) is 30.5 Å². The van der Waals surface area contributed by atoms with E-state index in [0.29, 0.717) is 0 Å². The van der Waals surface area contributed by atoms with Crippen molar-refractivity contribution < 1.29 is 4.74 Å². The van der Waals surface area contributed by atoms with Gasteiger partial charge in [-0.2, -0.15) is 4.98 Å². The van der Waals surface area contributed by atoms with Gasteiger partial charge in [-0.1, -0.05) is 0 Å². The predicted octanol–water partition coefficient (Wildman–Crippen LogP) is 1.44. The molecule has 5 nitrogen and oxygen atoms in total. The van der Waals surface area contributed by atoms with Crippen molar-refractivity contribution in [2.45, 2.75) is 33.0 Å². The van der Waals surface area contributed by atoms with E-state index in [9.17, 15) is 0 Å². The molecule has 94 valence electrons. The highest BCUT2D eigenvalue weighted by atomic mass is 16.5. The molecule has 1 fully saturated rings. The zero-order chi connectivity index (χ0) is 12.4. The van der Waals surface area contributed by atoms with Crippen molar-refractivity contribution in [1.82, 2.24) is 9.97 Å². The Morgan fingerprint density at radius 1 is 1.29 bits per heavy atom. The fourth-order valence-electron chi connectivity index (χ4n) is 2.16. The molecule has 1 aromatic rings. The summed E-state index contributed by atoms with van der Waals surface area (Å²) in [6, 6.07) is 1.94. The molecule has 1 N–H and O–H groups in total. The summed E-state index contributed by atoms with van der Waals surface area (Å²) in [4.78, 5) is 11.2. The van der Waals surface area contributed by atoms with Gasteiger partial charge in [0.2, 0.25) is 5.95 Å². The van der Waals surface area contributed by atoms with Crippen molar-refractivity contribution in [2.75, 3.05) is 30.4 Å². The molecule has 1 aliphatic rings. The SMILES string of the molecule is CNc1cc(C)nc(N2C[C@H](C)O[C@@H](C)C2)n1. The topological polar surface area (TPSA) is 50.3 Å². The van der Waals surface area contributed by atoms with Gasteiger partial charge in [0.15, 0.2) is 0 Å². The minimum atomic E-state index is 0.223. The number of morpholine rings is 1. The molecular formula is C12H20N4O. The Balaban J connectivity index is 2.23. The monoisotopic (exact) mass is 236 g/mol. The van der Waals surface area contributed by atoms with Gasteiger partial charge in [-0.3, -0.25) is 0 Å². The van der Waals surface area contributed by atoms with Crippen LogP contribution in [0.5, 0.6) is 0 Å². The number of aryl methyl sites for hydroxylation is 1. The summed E-state index contributed by atoms with van der Waals surface area (Å²) in [5.74, 6) is 1.65. The van der Waals surface area contributed by atoms with E-state index in [4.69, 9.17) is 4.74 Å². The summed E-state index contributed by atoms with van der Waals surface area (Å²) in [6.45, 7) is 7.84. The first-order valence-electron chi connectivity index (χ1n) is 6.02. The Morgan fingerprint density at radius 2 is 1.94 bits per heavy atom. The van der Waals surface area contributed by atoms with E-state index in [2.05, 4.69) is 34.0 Å². The van der Waals surface area contributed by atoms with Gasteiger partial charge in [0.05, 0.1) is 12.2 Å². The summed E-state index contributed by atoms with van der Waals surface area (Å²) in [5, 5.41) is 3.06. The molecule has 0 amide bonds. The van der Waals surface area contributed by atoms with Crippen LogP contribution in [0, 0.1) is 6.92 Å². The molecule has 2 atom stereocenters. The average Bonchev–Trinajstić information content (AvgIpc) is 2.26. The molecular weight excluding hydrogens is 216 g/mol. The standard InChI is InChI=1S/C12H20N4O/c1-8-5-11(13-4)15-12(14-8)16-6-9(2)17-10(3)7-16/h5,9-10H,6-7H2,1-4H3,(H,13,14,15)/t9-,10-/m0/s1. The molecule has 5 heteroatoms. The van der Waals surface area contributed by atoms with Crippen LogP contribution in [0.2, 0.25) is 0 Å². The van der Waals surface area contributed by atoms with Crippen LogP contribution < -0.4 is 10.2 Å². The fraction of sp³-hybridized carbons (Fsp3) is 0.667. The Labute approximate surface area is 102 Å². The minimum Gasteiger partial charge on any atom is -0.373 e. The Morgan fingerprint density at radius 3 is 2.53 bits per heavy atom. The van der Waals surface area contributed by atoms with E-state index in [1.54, 1.807) is 0 Å². The van der Waals surface area contributed by atoms with Gasteiger partial charge in [-0.15, -0.1) is 0 Å². The Kier molecular flexibility index (Phi) is 3.47. The predicted molar refractivity (Wildman–Crippen MR) is 68.5 cm³/mol. The molecule has 0 aliphatic carbocycles. The first-order chi connectivity index (χ1) is 8.08. The van der Waals surface area contributed by atoms with Crippen LogP contribution in [0.15, 0.2) is 6.07 Å². The Hall–Kier alpha value is -1.36. The highest BCUT2D eigenvalue weighted by molar-refractivity contribution is 5.43. The number of nitrogens with one attached hydrogen (secondary N) is 1. The number of ether oxygens (including phenoxy) is 1. The third-order valence-corrected chi connectivity index (χ3v) is 2.80. The smallest absolute Gasteiger partial charge is 0.227 e. The van der Waals surface area contributed by atoms with E-state index < -0.39 is 0 Å². The van der Waals surface area contributed by atoms with Gasteiger partial charge in [-0.05, 0) is 20.8 Å². The van der Waals surface area contributed by atoms with Crippen molar-refractivity contribution in [3.05, 3.63) is 11.8 Å². The zero-order valence-corrected chi connectivity index (χ0v) is 10.9. The second kappa shape index (κ2) is 4.87. The maximum Gasteiger partial charge on any atom is 0.227 e. The van der Waals surface area contributed by atoms with E-state index in [1.807, 2.05) is 20.0 Å². The number of hydrogen-bond acceptors (Lipinski definition) is 5. The lowest BCUT2D eigenvalue weighted by Gasteiger charge is -2.35. The van der Waals surface area contributed by atoms with Gasteiger partial charge in [0.1, 0.15) is 5.82 Å². The van der Waals surface area contributed by atoms with Gasteiger partial charge < -0.3 is 15.0 Å². The largest absolute Gasteiger partial charge is 0.373 e. The number of nitrogens with zero attached hydrogens (tertiary/aromatic N) is 3. The normalized spacial score (nSPS) is 24.8. The number of rotatable bonds is 2. The molecule has 0 aromatic carbocycles. The lowest BCUT2D eigenvalue weighted by atomic mass is 10.2. The summed E-state index contributed by atoms with van der Waals surface area (Å²) >= 11 is 0. The molecule has 17 heavy (non-hydrogen) atoms. The fourth-order valence-corrected chi connectivity index (χ4v) is 2.16. The Bertz CT molecular complexity index is 386. The maximum atomic E-state index is 5.71. The van der Waals surface area contributed by atoms with Gasteiger partial charge in [-0.25, -0.2) is 4.98 Å².